The number of unbranched alkanes of at least 4 members (excludes halogenated alkanes) is 1. The molecule has 1 rings (SSSR count). The van der Waals surface area contributed by atoms with E-state index in [4.69, 9.17) is 4.74 Å². The number of sulfonamides is 1. The molecule has 1 saturated carbocycles. The average Bonchev–Trinajstić information content (AvgIpc) is 2.38. The molecule has 0 heterocycles. The van der Waals surface area contributed by atoms with E-state index in [2.05, 4.69) is 17.0 Å². The summed E-state index contributed by atoms with van der Waals surface area (Å²) >= 11 is 0. The zero-order valence-electron chi connectivity index (χ0n) is 13.2. The number of rotatable bonds is 10. The highest BCUT2D eigenvalue weighted by Crippen LogP contribution is 2.42. The van der Waals surface area contributed by atoms with E-state index in [9.17, 15) is 8.42 Å². The first-order chi connectivity index (χ1) is 9.33. The van der Waals surface area contributed by atoms with Crippen molar-refractivity contribution in [3.63, 3.8) is 0 Å². The van der Waals surface area contributed by atoms with E-state index in [0.29, 0.717) is 6.42 Å². The number of hydrogen-bond acceptors (Lipinski definition) is 4. The molecule has 0 aromatic rings. The van der Waals surface area contributed by atoms with Crippen molar-refractivity contribution >= 4 is 10.0 Å². The molecule has 120 valence electrons. The van der Waals surface area contributed by atoms with E-state index in [1.54, 1.807) is 7.11 Å². The van der Waals surface area contributed by atoms with E-state index >= 15 is 0 Å². The highest BCUT2D eigenvalue weighted by atomic mass is 32.2. The zero-order chi connectivity index (χ0) is 15.2. The third-order valence-corrected chi connectivity index (χ3v) is 5.70. The summed E-state index contributed by atoms with van der Waals surface area (Å²) < 4.78 is 32.2. The van der Waals surface area contributed by atoms with Gasteiger partial charge in [-0.05, 0) is 38.8 Å². The van der Waals surface area contributed by atoms with Crippen molar-refractivity contribution in [2.24, 2.45) is 5.41 Å². The maximum atomic E-state index is 12.0. The largest absolute Gasteiger partial charge is 0.381 e. The van der Waals surface area contributed by atoms with Gasteiger partial charge in [-0.15, -0.1) is 0 Å². The molecule has 2 unspecified atom stereocenters. The minimum atomic E-state index is -3.17. The zero-order valence-corrected chi connectivity index (χ0v) is 14.1. The Bertz CT molecular complexity index is 382. The lowest BCUT2D eigenvalue weighted by atomic mass is 9.65. The Morgan fingerprint density at radius 3 is 2.50 bits per heavy atom. The lowest BCUT2D eigenvalue weighted by molar-refractivity contribution is -0.0908. The summed E-state index contributed by atoms with van der Waals surface area (Å²) in [6, 6.07) is -0.00401. The maximum absolute atomic E-state index is 12.0. The van der Waals surface area contributed by atoms with Crippen molar-refractivity contribution in [3.05, 3.63) is 0 Å². The second-order valence-corrected chi connectivity index (χ2v) is 8.10. The summed E-state index contributed by atoms with van der Waals surface area (Å²) in [6.07, 6.45) is 3.62. The first kappa shape index (κ1) is 17.9. The molecule has 1 aliphatic carbocycles. The van der Waals surface area contributed by atoms with Crippen LogP contribution in [-0.4, -0.2) is 46.5 Å². The Morgan fingerprint density at radius 1 is 1.25 bits per heavy atom. The van der Waals surface area contributed by atoms with Crippen LogP contribution in [0.15, 0.2) is 0 Å². The van der Waals surface area contributed by atoms with Crippen LogP contribution in [0.1, 0.15) is 46.5 Å². The van der Waals surface area contributed by atoms with Gasteiger partial charge >= 0.3 is 0 Å². The number of hydrogen-bond donors (Lipinski definition) is 2. The summed E-state index contributed by atoms with van der Waals surface area (Å²) in [5, 5.41) is 3.28. The van der Waals surface area contributed by atoms with Gasteiger partial charge < -0.3 is 10.1 Å². The minimum absolute atomic E-state index is 0.00401. The van der Waals surface area contributed by atoms with Crippen molar-refractivity contribution < 1.29 is 13.2 Å². The van der Waals surface area contributed by atoms with Crippen LogP contribution in [0.2, 0.25) is 0 Å². The summed E-state index contributed by atoms with van der Waals surface area (Å²) in [5.74, 6) is 0.213. The predicted molar refractivity (Wildman–Crippen MR) is 82.3 cm³/mol. The van der Waals surface area contributed by atoms with Gasteiger partial charge in [0, 0.05) is 18.6 Å². The molecule has 0 aliphatic heterocycles. The second kappa shape index (κ2) is 7.73. The van der Waals surface area contributed by atoms with Crippen LogP contribution in [-0.2, 0) is 14.8 Å². The van der Waals surface area contributed by atoms with Gasteiger partial charge in [0.15, 0.2) is 0 Å². The molecule has 0 amide bonds. The van der Waals surface area contributed by atoms with Crippen LogP contribution in [0, 0.1) is 5.41 Å². The quantitative estimate of drug-likeness (QED) is 0.600. The van der Waals surface area contributed by atoms with Gasteiger partial charge in [0.2, 0.25) is 10.0 Å². The Hall–Kier alpha value is -0.170. The number of ether oxygens (including phenoxy) is 1. The van der Waals surface area contributed by atoms with Gasteiger partial charge in [0.1, 0.15) is 0 Å². The van der Waals surface area contributed by atoms with Gasteiger partial charge in [-0.25, -0.2) is 13.1 Å². The van der Waals surface area contributed by atoms with Crippen LogP contribution < -0.4 is 10.0 Å². The smallest absolute Gasteiger partial charge is 0.211 e. The van der Waals surface area contributed by atoms with Crippen molar-refractivity contribution in [2.45, 2.75) is 58.6 Å². The molecule has 5 nitrogen and oxygen atoms in total. The Kier molecular flexibility index (Phi) is 6.91. The van der Waals surface area contributed by atoms with Crippen molar-refractivity contribution in [2.75, 3.05) is 26.0 Å². The molecular weight excluding hydrogens is 276 g/mol. The summed E-state index contributed by atoms with van der Waals surface area (Å²) in [4.78, 5) is 0. The molecule has 0 saturated heterocycles. The topological polar surface area (TPSA) is 67.4 Å². The second-order valence-electron chi connectivity index (χ2n) is 6.23. The summed E-state index contributed by atoms with van der Waals surface area (Å²) in [7, 11) is -1.49. The third-order valence-electron chi connectivity index (χ3n) is 4.23. The fraction of sp³-hybridized carbons (Fsp3) is 1.00. The standard InChI is InChI=1S/C14H30N2O3S/c1-5-8-15-9-6-7-10-20(17,18)16-12-11-13(19-4)14(12,2)3/h12-13,15-16H,5-11H2,1-4H3. The monoisotopic (exact) mass is 306 g/mol. The molecule has 1 aliphatic rings. The van der Waals surface area contributed by atoms with Gasteiger partial charge in [0.05, 0.1) is 11.9 Å². The molecule has 0 aromatic carbocycles. The number of methoxy groups -OCH3 is 1. The lowest BCUT2D eigenvalue weighted by Crippen LogP contribution is -2.61. The molecule has 2 N–H and O–H groups in total. The molecule has 0 radical (unpaired) electrons. The third kappa shape index (κ3) is 4.98. The van der Waals surface area contributed by atoms with E-state index in [1.807, 2.05) is 13.8 Å². The van der Waals surface area contributed by atoms with Crippen LogP contribution in [0.4, 0.5) is 0 Å². The van der Waals surface area contributed by atoms with E-state index in [1.165, 1.54) is 0 Å². The molecule has 2 atom stereocenters. The molecular formula is C14H30N2O3S. The van der Waals surface area contributed by atoms with Gasteiger partial charge in [0.25, 0.3) is 0 Å². The van der Waals surface area contributed by atoms with Crippen molar-refractivity contribution in [1.29, 1.82) is 0 Å². The lowest BCUT2D eigenvalue weighted by Gasteiger charge is -2.51. The highest BCUT2D eigenvalue weighted by Gasteiger charge is 2.49. The predicted octanol–water partition coefficient (Wildman–Crippen LogP) is 1.50. The average molecular weight is 306 g/mol. The fourth-order valence-corrected chi connectivity index (χ4v) is 4.14. The molecule has 1 fully saturated rings. The fourth-order valence-electron chi connectivity index (χ4n) is 2.60. The first-order valence-electron chi connectivity index (χ1n) is 7.57. The molecule has 0 bridgehead atoms. The van der Waals surface area contributed by atoms with E-state index < -0.39 is 10.0 Å². The summed E-state index contributed by atoms with van der Waals surface area (Å²) in [6.45, 7) is 8.11. The van der Waals surface area contributed by atoms with Crippen LogP contribution in [0.25, 0.3) is 0 Å². The van der Waals surface area contributed by atoms with E-state index in [0.717, 1.165) is 32.4 Å². The maximum Gasteiger partial charge on any atom is 0.211 e. The van der Waals surface area contributed by atoms with Crippen molar-refractivity contribution in [3.8, 4) is 0 Å². The van der Waals surface area contributed by atoms with Gasteiger partial charge in [-0.1, -0.05) is 20.8 Å². The Morgan fingerprint density at radius 2 is 1.95 bits per heavy atom. The number of nitrogens with one attached hydrogen (secondary N) is 2. The Labute approximate surface area is 123 Å². The van der Waals surface area contributed by atoms with Crippen LogP contribution >= 0.6 is 0 Å². The highest BCUT2D eigenvalue weighted by molar-refractivity contribution is 7.89. The molecule has 0 spiro atoms. The first-order valence-corrected chi connectivity index (χ1v) is 9.22. The molecule has 20 heavy (non-hydrogen) atoms. The Balaban J connectivity index is 2.25. The molecule has 0 aromatic heterocycles. The van der Waals surface area contributed by atoms with Crippen LogP contribution in [0.5, 0.6) is 0 Å². The SMILES string of the molecule is CCCNCCCCS(=O)(=O)NC1CC(OC)C1(C)C. The van der Waals surface area contributed by atoms with Gasteiger partial charge in [-0.3, -0.25) is 0 Å². The van der Waals surface area contributed by atoms with Gasteiger partial charge in [-0.2, -0.15) is 0 Å². The van der Waals surface area contributed by atoms with Crippen LogP contribution in [0.3, 0.4) is 0 Å². The molecule has 6 heteroatoms. The van der Waals surface area contributed by atoms with E-state index in [-0.39, 0.29) is 23.3 Å². The summed E-state index contributed by atoms with van der Waals surface area (Å²) in [5.41, 5.74) is -0.121. The normalized spacial score (nSPS) is 25.4. The van der Waals surface area contributed by atoms with Crippen molar-refractivity contribution in [1.82, 2.24) is 10.0 Å². The minimum Gasteiger partial charge on any atom is -0.381 e.